The summed E-state index contributed by atoms with van der Waals surface area (Å²) in [5.41, 5.74) is 4.00. The van der Waals surface area contributed by atoms with Crippen LogP contribution in [-0.2, 0) is 9.47 Å². The lowest BCUT2D eigenvalue weighted by Gasteiger charge is -2.30. The van der Waals surface area contributed by atoms with Gasteiger partial charge in [-0.25, -0.2) is 0 Å². The molecule has 0 aromatic heterocycles. The zero-order valence-electron chi connectivity index (χ0n) is 11.9. The van der Waals surface area contributed by atoms with Crippen LogP contribution in [0.2, 0.25) is 0 Å². The third-order valence-corrected chi connectivity index (χ3v) is 4.92. The fourth-order valence-corrected chi connectivity index (χ4v) is 3.66. The van der Waals surface area contributed by atoms with Crippen LogP contribution in [0, 0.1) is 0 Å². The highest BCUT2D eigenvalue weighted by molar-refractivity contribution is 5.68. The number of hydrogen-bond acceptors (Lipinski definition) is 3. The van der Waals surface area contributed by atoms with E-state index in [0.29, 0.717) is 19.3 Å². The molecule has 106 valence electrons. The van der Waals surface area contributed by atoms with E-state index in [1.165, 1.54) is 30.4 Å². The Morgan fingerprint density at radius 3 is 2.50 bits per heavy atom. The summed E-state index contributed by atoms with van der Waals surface area (Å²) in [4.78, 5) is 2.53. The molecule has 2 bridgehead atoms. The quantitative estimate of drug-likeness (QED) is 0.825. The Morgan fingerprint density at radius 2 is 1.80 bits per heavy atom. The molecule has 1 aromatic rings. The third kappa shape index (κ3) is 2.10. The van der Waals surface area contributed by atoms with E-state index in [0.717, 1.165) is 11.6 Å². The Kier molecular flexibility index (Phi) is 3.14. The van der Waals surface area contributed by atoms with Crippen molar-refractivity contribution < 1.29 is 9.47 Å². The van der Waals surface area contributed by atoms with Crippen LogP contribution < -0.4 is 0 Å². The summed E-state index contributed by atoms with van der Waals surface area (Å²) in [5.74, 6) is 0. The Morgan fingerprint density at radius 1 is 1.05 bits per heavy atom. The second-order valence-corrected chi connectivity index (χ2v) is 6.06. The van der Waals surface area contributed by atoms with Crippen LogP contribution >= 0.6 is 0 Å². The van der Waals surface area contributed by atoms with E-state index in [9.17, 15) is 0 Å². The minimum Gasteiger partial charge on any atom is -0.346 e. The predicted octanol–water partition coefficient (Wildman–Crippen LogP) is 2.98. The molecule has 3 heterocycles. The fourth-order valence-electron chi connectivity index (χ4n) is 3.66. The molecule has 2 atom stereocenters. The summed E-state index contributed by atoms with van der Waals surface area (Å²) in [6.45, 7) is 1.40. The van der Waals surface area contributed by atoms with E-state index in [1.54, 1.807) is 0 Å². The number of likely N-dealkylation sites (N-methyl/N-ethyl adjacent to an activating group) is 1. The Labute approximate surface area is 120 Å². The van der Waals surface area contributed by atoms with Crippen molar-refractivity contribution in [2.75, 3.05) is 20.3 Å². The molecule has 0 saturated carbocycles. The van der Waals surface area contributed by atoms with Crippen molar-refractivity contribution in [1.82, 2.24) is 4.90 Å². The van der Waals surface area contributed by atoms with E-state index < -0.39 is 0 Å². The first-order valence-corrected chi connectivity index (χ1v) is 7.57. The van der Waals surface area contributed by atoms with Crippen molar-refractivity contribution in [2.45, 2.75) is 37.6 Å². The standard InChI is InChI=1S/C17H21NO2/c1-18-15-6-7-16(18)11-14(10-15)12-2-4-13(5-3-12)17-19-8-9-20-17/h2-5,10,15-17H,6-9,11H2,1H3. The monoisotopic (exact) mass is 271 g/mol. The van der Waals surface area contributed by atoms with E-state index >= 15 is 0 Å². The minimum atomic E-state index is -0.160. The van der Waals surface area contributed by atoms with Crippen LogP contribution in [0.5, 0.6) is 0 Å². The number of ether oxygens (including phenoxy) is 2. The predicted molar refractivity (Wildman–Crippen MR) is 78.3 cm³/mol. The molecule has 2 unspecified atom stereocenters. The Bertz CT molecular complexity index is 516. The fraction of sp³-hybridized carbons (Fsp3) is 0.529. The lowest BCUT2D eigenvalue weighted by Crippen LogP contribution is -2.34. The van der Waals surface area contributed by atoms with Crippen molar-refractivity contribution in [2.24, 2.45) is 0 Å². The number of fused-ring (bicyclic) bond motifs is 2. The molecule has 0 spiro atoms. The molecule has 20 heavy (non-hydrogen) atoms. The summed E-state index contributed by atoms with van der Waals surface area (Å²) >= 11 is 0. The van der Waals surface area contributed by atoms with Crippen LogP contribution in [-0.4, -0.2) is 37.2 Å². The van der Waals surface area contributed by atoms with Gasteiger partial charge in [0.05, 0.1) is 13.2 Å². The highest BCUT2D eigenvalue weighted by Gasteiger charge is 2.33. The average molecular weight is 271 g/mol. The number of hydrogen-bond donors (Lipinski definition) is 0. The van der Waals surface area contributed by atoms with E-state index in [1.807, 2.05) is 0 Å². The minimum absolute atomic E-state index is 0.160. The number of rotatable bonds is 2. The molecule has 3 aliphatic rings. The normalized spacial score (nSPS) is 30.8. The maximum Gasteiger partial charge on any atom is 0.184 e. The van der Waals surface area contributed by atoms with Crippen LogP contribution in [0.3, 0.4) is 0 Å². The van der Waals surface area contributed by atoms with Gasteiger partial charge in [0.25, 0.3) is 0 Å². The zero-order valence-corrected chi connectivity index (χ0v) is 11.9. The molecule has 3 nitrogen and oxygen atoms in total. The molecule has 4 rings (SSSR count). The van der Waals surface area contributed by atoms with Gasteiger partial charge in [0.2, 0.25) is 0 Å². The Hall–Kier alpha value is -1.16. The van der Waals surface area contributed by atoms with Gasteiger partial charge in [-0.15, -0.1) is 0 Å². The summed E-state index contributed by atoms with van der Waals surface area (Å²) < 4.78 is 11.1. The van der Waals surface area contributed by atoms with Gasteiger partial charge in [0.15, 0.2) is 6.29 Å². The molecule has 0 amide bonds. The largest absolute Gasteiger partial charge is 0.346 e. The molecule has 0 N–H and O–H groups in total. The molecule has 2 fully saturated rings. The second kappa shape index (κ2) is 4.99. The first kappa shape index (κ1) is 12.6. The first-order valence-electron chi connectivity index (χ1n) is 7.57. The molecular weight excluding hydrogens is 250 g/mol. The third-order valence-electron chi connectivity index (χ3n) is 4.92. The summed E-state index contributed by atoms with van der Waals surface area (Å²) in [5, 5.41) is 0. The van der Waals surface area contributed by atoms with Gasteiger partial charge in [-0.2, -0.15) is 0 Å². The lowest BCUT2D eigenvalue weighted by molar-refractivity contribution is -0.0441. The van der Waals surface area contributed by atoms with Gasteiger partial charge in [-0.1, -0.05) is 30.3 Å². The summed E-state index contributed by atoms with van der Waals surface area (Å²) in [6, 6.07) is 10.1. The average Bonchev–Trinajstić information content (AvgIpc) is 3.06. The van der Waals surface area contributed by atoms with E-state index in [2.05, 4.69) is 42.3 Å². The van der Waals surface area contributed by atoms with Crippen molar-refractivity contribution in [1.29, 1.82) is 0 Å². The lowest BCUT2D eigenvalue weighted by atomic mass is 9.94. The van der Waals surface area contributed by atoms with Crippen LogP contribution in [0.15, 0.2) is 30.3 Å². The topological polar surface area (TPSA) is 21.7 Å². The number of nitrogens with zero attached hydrogens (tertiary/aromatic N) is 1. The maximum atomic E-state index is 5.54. The van der Waals surface area contributed by atoms with Crippen LogP contribution in [0.4, 0.5) is 0 Å². The highest BCUT2D eigenvalue weighted by atomic mass is 16.7. The van der Waals surface area contributed by atoms with E-state index in [4.69, 9.17) is 9.47 Å². The van der Waals surface area contributed by atoms with Crippen molar-refractivity contribution in [3.63, 3.8) is 0 Å². The van der Waals surface area contributed by atoms with Crippen LogP contribution in [0.1, 0.15) is 36.7 Å². The van der Waals surface area contributed by atoms with Gasteiger partial charge in [0, 0.05) is 17.6 Å². The van der Waals surface area contributed by atoms with Gasteiger partial charge < -0.3 is 9.47 Å². The maximum absolute atomic E-state index is 5.54. The molecule has 1 aromatic carbocycles. The van der Waals surface area contributed by atoms with Gasteiger partial charge in [0.1, 0.15) is 0 Å². The van der Waals surface area contributed by atoms with Crippen molar-refractivity contribution in [3.8, 4) is 0 Å². The zero-order chi connectivity index (χ0) is 13.5. The smallest absolute Gasteiger partial charge is 0.184 e. The van der Waals surface area contributed by atoms with Crippen molar-refractivity contribution >= 4 is 5.57 Å². The Balaban J connectivity index is 1.56. The molecular formula is C17H21NO2. The van der Waals surface area contributed by atoms with Gasteiger partial charge in [-0.05, 0) is 37.4 Å². The highest BCUT2D eigenvalue weighted by Crippen LogP contribution is 2.37. The first-order chi connectivity index (χ1) is 9.81. The van der Waals surface area contributed by atoms with Gasteiger partial charge in [-0.3, -0.25) is 4.90 Å². The molecule has 0 radical (unpaired) electrons. The van der Waals surface area contributed by atoms with E-state index in [-0.39, 0.29) is 6.29 Å². The van der Waals surface area contributed by atoms with Crippen LogP contribution in [0.25, 0.3) is 5.57 Å². The molecule has 2 saturated heterocycles. The number of benzene rings is 1. The molecule has 3 heteroatoms. The van der Waals surface area contributed by atoms with Crippen molar-refractivity contribution in [3.05, 3.63) is 41.5 Å². The van der Waals surface area contributed by atoms with Gasteiger partial charge >= 0.3 is 0 Å². The summed E-state index contributed by atoms with van der Waals surface area (Å²) in [6.07, 6.45) is 6.13. The SMILES string of the molecule is CN1C2C=C(c3ccc(C4OCCO4)cc3)CC1CC2. The summed E-state index contributed by atoms with van der Waals surface area (Å²) in [7, 11) is 2.26. The molecule has 3 aliphatic heterocycles. The second-order valence-electron chi connectivity index (χ2n) is 6.06. The molecule has 0 aliphatic carbocycles.